The van der Waals surface area contributed by atoms with Gasteiger partial charge in [0.1, 0.15) is 6.07 Å². The first kappa shape index (κ1) is 11.6. The molecule has 0 amide bonds. The molecule has 0 saturated carbocycles. The molecule has 1 aromatic heterocycles. The van der Waals surface area contributed by atoms with E-state index >= 15 is 0 Å². The van der Waals surface area contributed by atoms with Gasteiger partial charge in [-0.25, -0.2) is 0 Å². The largest absolute Gasteiger partial charge is 0.380 e. The Balaban J connectivity index is 1.89. The van der Waals surface area contributed by atoms with Gasteiger partial charge in [0, 0.05) is 28.9 Å². The van der Waals surface area contributed by atoms with Crippen molar-refractivity contribution in [2.75, 3.05) is 13.2 Å². The summed E-state index contributed by atoms with van der Waals surface area (Å²) < 4.78 is 5.49. The van der Waals surface area contributed by atoms with Crippen LogP contribution in [0.5, 0.6) is 0 Å². The number of ether oxygens (including phenoxy) is 1. The lowest BCUT2D eigenvalue weighted by Crippen LogP contribution is -2.48. The molecule has 1 N–H and O–H groups in total. The van der Waals surface area contributed by atoms with Crippen LogP contribution in [0, 0.1) is 11.3 Å². The Morgan fingerprint density at radius 3 is 3.19 bits per heavy atom. The number of nitrogens with one attached hydrogen (secondary N) is 1. The van der Waals surface area contributed by atoms with Gasteiger partial charge >= 0.3 is 0 Å². The monoisotopic (exact) mass is 236 g/mol. The summed E-state index contributed by atoms with van der Waals surface area (Å²) in [4.78, 5) is 1.21. The second kappa shape index (κ2) is 4.96. The minimum absolute atomic E-state index is 0.0923. The zero-order valence-electron chi connectivity index (χ0n) is 9.45. The van der Waals surface area contributed by atoms with Crippen LogP contribution in [-0.2, 0) is 11.3 Å². The molecular weight excluding hydrogens is 220 g/mol. The fraction of sp³-hybridized carbons (Fsp3) is 0.583. The van der Waals surface area contributed by atoms with Gasteiger partial charge in [-0.1, -0.05) is 0 Å². The first-order valence-corrected chi connectivity index (χ1v) is 6.40. The maximum absolute atomic E-state index is 8.73. The number of nitrogens with zero attached hydrogens (tertiary/aromatic N) is 1. The second-order valence-corrected chi connectivity index (χ2v) is 5.48. The van der Waals surface area contributed by atoms with Crippen LogP contribution < -0.4 is 5.32 Å². The highest BCUT2D eigenvalue weighted by Crippen LogP contribution is 2.20. The first-order valence-electron chi connectivity index (χ1n) is 5.52. The molecule has 16 heavy (non-hydrogen) atoms. The predicted octanol–water partition coefficient (Wildman–Crippen LogP) is 2.28. The molecule has 1 atom stereocenters. The molecule has 0 bridgehead atoms. The van der Waals surface area contributed by atoms with E-state index in [1.807, 2.05) is 11.4 Å². The Morgan fingerprint density at radius 1 is 1.69 bits per heavy atom. The predicted molar refractivity (Wildman–Crippen MR) is 64.3 cm³/mol. The van der Waals surface area contributed by atoms with E-state index in [1.165, 1.54) is 4.88 Å². The highest BCUT2D eigenvalue weighted by atomic mass is 32.1. The van der Waals surface area contributed by atoms with Crippen LogP contribution in [0.4, 0.5) is 0 Å². The van der Waals surface area contributed by atoms with Gasteiger partial charge in [0.15, 0.2) is 0 Å². The van der Waals surface area contributed by atoms with Crippen molar-refractivity contribution >= 4 is 11.3 Å². The van der Waals surface area contributed by atoms with Gasteiger partial charge in [0.05, 0.1) is 12.2 Å². The maximum atomic E-state index is 8.73. The molecule has 0 aliphatic carbocycles. The third-order valence-electron chi connectivity index (χ3n) is 2.91. The van der Waals surface area contributed by atoms with Crippen molar-refractivity contribution in [1.82, 2.24) is 5.32 Å². The number of nitriles is 1. The highest BCUT2D eigenvalue weighted by molar-refractivity contribution is 7.10. The SMILES string of the molecule is CC1(NCc2cc(C#N)cs2)CCCOC1. The topological polar surface area (TPSA) is 45.0 Å². The van der Waals surface area contributed by atoms with Crippen molar-refractivity contribution in [3.8, 4) is 6.07 Å². The fourth-order valence-corrected chi connectivity index (χ4v) is 2.66. The number of hydrogen-bond donors (Lipinski definition) is 1. The molecule has 1 aliphatic rings. The van der Waals surface area contributed by atoms with Gasteiger partial charge in [0.25, 0.3) is 0 Å². The Bertz CT molecular complexity index is 388. The molecule has 0 aromatic carbocycles. The molecule has 0 radical (unpaired) electrons. The molecule has 1 aromatic rings. The molecule has 1 saturated heterocycles. The maximum Gasteiger partial charge on any atom is 0.100 e. The summed E-state index contributed by atoms with van der Waals surface area (Å²) in [5, 5.41) is 14.2. The van der Waals surface area contributed by atoms with E-state index in [-0.39, 0.29) is 5.54 Å². The van der Waals surface area contributed by atoms with E-state index in [4.69, 9.17) is 10.00 Å². The lowest BCUT2D eigenvalue weighted by molar-refractivity contribution is 0.0279. The lowest BCUT2D eigenvalue weighted by atomic mass is 9.95. The molecule has 4 heteroatoms. The average Bonchev–Trinajstić information content (AvgIpc) is 2.75. The third kappa shape index (κ3) is 2.82. The van der Waals surface area contributed by atoms with Crippen molar-refractivity contribution in [3.05, 3.63) is 21.9 Å². The minimum Gasteiger partial charge on any atom is -0.380 e. The van der Waals surface area contributed by atoms with Crippen LogP contribution in [0.2, 0.25) is 0 Å². The molecule has 0 spiro atoms. The minimum atomic E-state index is 0.0923. The quantitative estimate of drug-likeness (QED) is 0.875. The summed E-state index contributed by atoms with van der Waals surface area (Å²) in [6.45, 7) is 4.69. The lowest BCUT2D eigenvalue weighted by Gasteiger charge is -2.34. The van der Waals surface area contributed by atoms with Gasteiger partial charge in [-0.05, 0) is 25.8 Å². The van der Waals surface area contributed by atoms with Gasteiger partial charge in [-0.2, -0.15) is 5.26 Å². The molecule has 1 aliphatic heterocycles. The van der Waals surface area contributed by atoms with Crippen LogP contribution in [0.3, 0.4) is 0 Å². The van der Waals surface area contributed by atoms with E-state index in [1.54, 1.807) is 11.3 Å². The summed E-state index contributed by atoms with van der Waals surface area (Å²) in [7, 11) is 0. The standard InChI is InChI=1S/C12H16N2OS/c1-12(3-2-4-15-9-12)14-7-11-5-10(6-13)8-16-11/h5,8,14H,2-4,7,9H2,1H3. The molecule has 1 fully saturated rings. The number of hydrogen-bond acceptors (Lipinski definition) is 4. The van der Waals surface area contributed by atoms with Gasteiger partial charge in [0.2, 0.25) is 0 Å². The molecular formula is C12H16N2OS. The third-order valence-corrected chi connectivity index (χ3v) is 3.85. The van der Waals surface area contributed by atoms with Crippen LogP contribution >= 0.6 is 11.3 Å². The fourth-order valence-electron chi connectivity index (χ4n) is 1.91. The number of rotatable bonds is 3. The summed E-state index contributed by atoms with van der Waals surface area (Å²) >= 11 is 1.64. The zero-order chi connectivity index (χ0) is 11.4. The Morgan fingerprint density at radius 2 is 2.56 bits per heavy atom. The molecule has 86 valence electrons. The normalized spacial score (nSPS) is 25.2. The van der Waals surface area contributed by atoms with Gasteiger partial charge in [-0.15, -0.1) is 11.3 Å². The summed E-state index contributed by atoms with van der Waals surface area (Å²) in [5.41, 5.74) is 0.849. The van der Waals surface area contributed by atoms with Crippen LogP contribution in [0.15, 0.2) is 11.4 Å². The van der Waals surface area contributed by atoms with Crippen LogP contribution in [0.1, 0.15) is 30.2 Å². The summed E-state index contributed by atoms with van der Waals surface area (Å²) in [5.74, 6) is 0. The van der Waals surface area contributed by atoms with Crippen molar-refractivity contribution < 1.29 is 4.74 Å². The molecule has 3 nitrogen and oxygen atoms in total. The summed E-state index contributed by atoms with van der Waals surface area (Å²) in [6, 6.07) is 4.10. The van der Waals surface area contributed by atoms with Gasteiger partial charge < -0.3 is 10.1 Å². The number of thiophene rings is 1. The van der Waals surface area contributed by atoms with Crippen molar-refractivity contribution in [2.45, 2.75) is 31.8 Å². The smallest absolute Gasteiger partial charge is 0.100 e. The Hall–Kier alpha value is -0.890. The van der Waals surface area contributed by atoms with Crippen LogP contribution in [0.25, 0.3) is 0 Å². The van der Waals surface area contributed by atoms with E-state index in [2.05, 4.69) is 18.3 Å². The summed E-state index contributed by atoms with van der Waals surface area (Å²) in [6.07, 6.45) is 2.28. The van der Waals surface area contributed by atoms with E-state index in [9.17, 15) is 0 Å². The van der Waals surface area contributed by atoms with Crippen LogP contribution in [-0.4, -0.2) is 18.8 Å². The molecule has 1 unspecified atom stereocenters. The average molecular weight is 236 g/mol. The van der Waals surface area contributed by atoms with Crippen molar-refractivity contribution in [2.24, 2.45) is 0 Å². The second-order valence-electron chi connectivity index (χ2n) is 4.48. The Labute approximate surface area is 100 Å². The zero-order valence-corrected chi connectivity index (χ0v) is 10.3. The molecule has 2 rings (SSSR count). The van der Waals surface area contributed by atoms with Crippen molar-refractivity contribution in [1.29, 1.82) is 5.26 Å². The molecule has 2 heterocycles. The van der Waals surface area contributed by atoms with E-state index in [0.717, 1.165) is 38.2 Å². The van der Waals surface area contributed by atoms with Gasteiger partial charge in [-0.3, -0.25) is 0 Å². The van der Waals surface area contributed by atoms with Crippen molar-refractivity contribution in [3.63, 3.8) is 0 Å². The van der Waals surface area contributed by atoms with E-state index in [0.29, 0.717) is 0 Å². The highest BCUT2D eigenvalue weighted by Gasteiger charge is 2.26. The Kier molecular flexibility index (Phi) is 3.59. The first-order chi connectivity index (χ1) is 7.72. The van der Waals surface area contributed by atoms with E-state index < -0.39 is 0 Å².